The van der Waals surface area contributed by atoms with E-state index in [0.29, 0.717) is 73.9 Å². The predicted octanol–water partition coefficient (Wildman–Crippen LogP) is 9.76. The van der Waals surface area contributed by atoms with Gasteiger partial charge in [-0.1, -0.05) is 72.4 Å². The molecule has 4 fully saturated rings. The number of anilines is 2. The highest BCUT2D eigenvalue weighted by molar-refractivity contribution is 6.35. The molecule has 17 nitrogen and oxygen atoms in total. The number of carboxylic acids is 1. The van der Waals surface area contributed by atoms with Gasteiger partial charge in [-0.15, -0.1) is 0 Å². The molecule has 21 heteroatoms. The molecule has 0 bridgehead atoms. The van der Waals surface area contributed by atoms with Crippen molar-refractivity contribution < 1.29 is 14.7 Å². The smallest absolute Gasteiger partial charge is 0.303 e. The van der Waals surface area contributed by atoms with Crippen LogP contribution in [0, 0.1) is 36.0 Å². The van der Waals surface area contributed by atoms with E-state index in [9.17, 15) is 20.0 Å². The van der Waals surface area contributed by atoms with Gasteiger partial charge in [0.25, 0.3) is 0 Å². The zero-order valence-electron chi connectivity index (χ0n) is 42.8. The lowest BCUT2D eigenvalue weighted by Crippen LogP contribution is -2.52. The average Bonchev–Trinajstić information content (AvgIpc) is 4.20. The number of nitrogens with two attached hydrogens (primary N) is 1. The first-order chi connectivity index (χ1) is 36.0. The molecule has 4 aliphatic heterocycles. The van der Waals surface area contributed by atoms with Crippen molar-refractivity contribution in [2.45, 2.75) is 128 Å². The lowest BCUT2D eigenvalue weighted by Gasteiger charge is -2.44. The highest BCUT2D eigenvalue weighted by Crippen LogP contribution is 2.42. The molecule has 0 saturated carbocycles. The maximum Gasteiger partial charge on any atom is 0.303 e. The Bertz CT molecular complexity index is 3140. The molecule has 2 aromatic carbocycles. The number of likely N-dealkylation sites (tertiary alicyclic amines) is 2. The molecule has 4 aromatic heterocycles. The van der Waals surface area contributed by atoms with Gasteiger partial charge in [0.2, 0.25) is 5.91 Å². The van der Waals surface area contributed by atoms with E-state index < -0.39 is 12.0 Å². The van der Waals surface area contributed by atoms with E-state index in [4.69, 9.17) is 82.3 Å². The van der Waals surface area contributed by atoms with Crippen molar-refractivity contribution in [2.75, 3.05) is 49.1 Å². The number of halogens is 4. The van der Waals surface area contributed by atoms with Gasteiger partial charge in [-0.05, 0) is 125 Å². The highest BCUT2D eigenvalue weighted by atomic mass is 35.5. The summed E-state index contributed by atoms with van der Waals surface area (Å²) in [5, 5.41) is 31.8. The lowest BCUT2D eigenvalue weighted by molar-refractivity contribution is -0.137. The fourth-order valence-corrected chi connectivity index (χ4v) is 14.1. The van der Waals surface area contributed by atoms with Gasteiger partial charge in [0.05, 0.1) is 30.2 Å². The molecule has 1 amide bonds. The monoisotopic (exact) mass is 1100 g/mol. The van der Waals surface area contributed by atoms with Crippen LogP contribution in [0.3, 0.4) is 0 Å². The number of benzene rings is 2. The maximum atomic E-state index is 12.4. The largest absolute Gasteiger partial charge is 0.481 e. The summed E-state index contributed by atoms with van der Waals surface area (Å²) >= 11 is 26.6. The number of carboxylic acid groups (broad SMARTS) is 1. The number of hydrogen-bond acceptors (Lipinski definition) is 13. The molecule has 4 saturated heterocycles. The number of hydrogen-bond donors (Lipinski definition) is 2. The molecule has 75 heavy (non-hydrogen) atoms. The van der Waals surface area contributed by atoms with E-state index in [1.165, 1.54) is 0 Å². The predicted molar refractivity (Wildman–Crippen MR) is 293 cm³/mol. The third-order valence-electron chi connectivity index (χ3n) is 16.6. The Balaban J connectivity index is 0.900. The first-order valence-electron chi connectivity index (χ1n) is 26.3. The maximum absolute atomic E-state index is 12.4. The minimum Gasteiger partial charge on any atom is -0.481 e. The van der Waals surface area contributed by atoms with Gasteiger partial charge in [-0.3, -0.25) is 19.4 Å². The molecule has 8 heterocycles. The number of fused-ring (bicyclic) bond motifs is 2. The second-order valence-corrected chi connectivity index (χ2v) is 23.2. The summed E-state index contributed by atoms with van der Waals surface area (Å²) in [6.07, 6.45) is 10.7. The van der Waals surface area contributed by atoms with Crippen LogP contribution in [0.15, 0.2) is 48.8 Å². The second-order valence-electron chi connectivity index (χ2n) is 21.5. The molecule has 3 N–H and O–H groups in total. The Hall–Kier alpha value is -5.35. The first kappa shape index (κ1) is 53.1. The molecule has 4 aliphatic rings. The normalized spacial score (nSPS) is 24.5. The van der Waals surface area contributed by atoms with E-state index >= 15 is 0 Å². The number of amides is 1. The summed E-state index contributed by atoms with van der Waals surface area (Å²) in [6.45, 7) is 13.3. The summed E-state index contributed by atoms with van der Waals surface area (Å²) in [5.41, 5.74) is 10.9. The van der Waals surface area contributed by atoms with Crippen LogP contribution in [-0.4, -0.2) is 130 Å². The van der Waals surface area contributed by atoms with E-state index in [1.54, 1.807) is 18.3 Å². The number of aryl methyl sites for hydroxylation is 1. The zero-order valence-corrected chi connectivity index (χ0v) is 45.8. The van der Waals surface area contributed by atoms with Crippen molar-refractivity contribution in [3.05, 3.63) is 91.4 Å². The summed E-state index contributed by atoms with van der Waals surface area (Å²) in [5.74, 6) is 1.11. The van der Waals surface area contributed by atoms with Gasteiger partial charge < -0.3 is 20.6 Å². The van der Waals surface area contributed by atoms with Crippen LogP contribution >= 0.6 is 46.4 Å². The van der Waals surface area contributed by atoms with Crippen molar-refractivity contribution in [3.63, 3.8) is 0 Å². The van der Waals surface area contributed by atoms with Crippen LogP contribution in [0.25, 0.3) is 22.3 Å². The molecule has 9 atom stereocenters. The average molecular weight is 1100 g/mol. The van der Waals surface area contributed by atoms with Crippen LogP contribution in [0.5, 0.6) is 0 Å². The summed E-state index contributed by atoms with van der Waals surface area (Å²) < 4.78 is 3.75. The van der Waals surface area contributed by atoms with Crippen molar-refractivity contribution in [1.82, 2.24) is 49.3 Å². The van der Waals surface area contributed by atoms with Gasteiger partial charge in [-0.25, -0.2) is 29.3 Å². The number of nitriles is 1. The van der Waals surface area contributed by atoms with Gasteiger partial charge in [-0.2, -0.15) is 15.5 Å². The number of carbonyl (C=O) groups excluding carboxylic acids is 1. The first-order valence-corrected chi connectivity index (χ1v) is 27.8. The van der Waals surface area contributed by atoms with Crippen LogP contribution in [0.1, 0.15) is 120 Å². The Morgan fingerprint density at radius 2 is 1.37 bits per heavy atom. The topological polar surface area (TPSA) is 204 Å². The van der Waals surface area contributed by atoms with Crippen LogP contribution < -0.4 is 15.5 Å². The molecule has 396 valence electrons. The van der Waals surface area contributed by atoms with E-state index in [1.807, 2.05) is 53.7 Å². The molecular formula is C54H64Cl4N14O3. The van der Waals surface area contributed by atoms with Crippen LogP contribution in [-0.2, 0) is 9.59 Å². The SMILES string of the molecule is Cc1nn(C(C)c2ccc(Cl)cc2Cl)c2nc(N3CCC(N4CC(CC(c5ccc(Cl)cc5Cl)n5nc(C#N)c6ncc(N7CCC(N8CCCC8CCC(=O)O)C(C)C7)nc65)CC4CCC(N)=O)C(C)C3)cnc12. The number of rotatable bonds is 16. The molecule has 10 rings (SSSR count). The molecule has 9 unspecified atom stereocenters. The standard InChI is InChI=1S/C54H64Cl4N14O3/c1-30-27-67(18-15-44(30)69-17-5-6-37(69)10-14-50(74)75)49-26-62-52-43(24-59)66-72(54(52)64-49)46(40-12-8-36(56)23-42(40)58)21-34-20-38(9-13-47(60)73)70(29-34)45-16-19-68(28-31(45)2)48-25-61-51-32(3)65-71(53(51)63-48)33(4)39-11-7-35(55)22-41(39)57/h7-8,11-12,22-23,25-26,30-31,33-34,37-38,44-46H,5-6,9-10,13-21,27-29H2,1-4H3,(H2,60,73)(H,74,75). The van der Waals surface area contributed by atoms with Crippen molar-refractivity contribution in [1.29, 1.82) is 5.26 Å². The fourth-order valence-electron chi connectivity index (χ4n) is 13.0. The zero-order chi connectivity index (χ0) is 52.8. The lowest BCUT2D eigenvalue weighted by atomic mass is 9.91. The van der Waals surface area contributed by atoms with E-state index in [0.717, 1.165) is 99.5 Å². The number of nitrogens with zero attached hydrogens (tertiary/aromatic N) is 13. The summed E-state index contributed by atoms with van der Waals surface area (Å²) in [6, 6.07) is 13.6. The van der Waals surface area contributed by atoms with E-state index in [2.05, 4.69) is 39.5 Å². The second kappa shape index (κ2) is 22.3. The number of aliphatic carboxylic acids is 1. The molecule has 6 aromatic rings. The summed E-state index contributed by atoms with van der Waals surface area (Å²) in [7, 11) is 0. The molecule has 0 aliphatic carbocycles. The quantitative estimate of drug-likeness (QED) is 0.0926. The molecular weight excluding hydrogens is 1030 g/mol. The number of piperidine rings is 2. The Morgan fingerprint density at radius 1 is 0.773 bits per heavy atom. The number of carbonyl (C=O) groups is 2. The van der Waals surface area contributed by atoms with E-state index in [-0.39, 0.29) is 60.4 Å². The molecule has 0 radical (unpaired) electrons. The van der Waals surface area contributed by atoms with Crippen molar-refractivity contribution in [3.8, 4) is 6.07 Å². The minimum absolute atomic E-state index is 0.103. The van der Waals surface area contributed by atoms with Crippen molar-refractivity contribution in [2.24, 2.45) is 23.5 Å². The van der Waals surface area contributed by atoms with Crippen LogP contribution in [0.4, 0.5) is 11.6 Å². The van der Waals surface area contributed by atoms with Gasteiger partial charge >= 0.3 is 5.97 Å². The third-order valence-corrected chi connectivity index (χ3v) is 17.7. The Kier molecular flexibility index (Phi) is 15.8. The third kappa shape index (κ3) is 11.0. The minimum atomic E-state index is -0.745. The van der Waals surface area contributed by atoms with Crippen molar-refractivity contribution >= 4 is 92.2 Å². The Labute approximate surface area is 457 Å². The van der Waals surface area contributed by atoms with Gasteiger partial charge in [0.1, 0.15) is 28.7 Å². The summed E-state index contributed by atoms with van der Waals surface area (Å²) in [4.78, 5) is 53.8. The van der Waals surface area contributed by atoms with Gasteiger partial charge in [0.15, 0.2) is 17.0 Å². The van der Waals surface area contributed by atoms with Crippen LogP contribution in [0.2, 0.25) is 20.1 Å². The fraction of sp³-hybridized carbons (Fsp3) is 0.537. The van der Waals surface area contributed by atoms with Gasteiger partial charge in [0, 0.05) is 89.8 Å². The highest BCUT2D eigenvalue weighted by Gasteiger charge is 2.43. The number of aromatic nitrogens is 8. The number of primary amides is 1. The Morgan fingerprint density at radius 3 is 1.97 bits per heavy atom. The molecule has 0 spiro atoms.